The van der Waals surface area contributed by atoms with Crippen molar-refractivity contribution in [1.29, 1.82) is 0 Å². The van der Waals surface area contributed by atoms with Crippen molar-refractivity contribution < 1.29 is 8.42 Å². The Morgan fingerprint density at radius 1 is 1.37 bits per heavy atom. The summed E-state index contributed by atoms with van der Waals surface area (Å²) in [5, 5.41) is 3.17. The molecule has 19 heavy (non-hydrogen) atoms. The molecule has 2 heterocycles. The first-order valence-corrected chi connectivity index (χ1v) is 7.78. The SMILES string of the molecule is CS(=O)(=O)NCCCNc1nc(Cl)nc2nc[nH]c12. The largest absolute Gasteiger partial charge is 0.368 e. The molecule has 3 N–H and O–H groups in total. The van der Waals surface area contributed by atoms with Crippen molar-refractivity contribution in [2.45, 2.75) is 6.42 Å². The van der Waals surface area contributed by atoms with Gasteiger partial charge in [0, 0.05) is 13.1 Å². The molecule has 0 atom stereocenters. The molecule has 2 aromatic heterocycles. The number of rotatable bonds is 6. The van der Waals surface area contributed by atoms with E-state index in [0.717, 1.165) is 6.26 Å². The second-order valence-corrected chi connectivity index (χ2v) is 6.06. The third-order valence-corrected chi connectivity index (χ3v) is 3.17. The van der Waals surface area contributed by atoms with E-state index in [0.29, 0.717) is 36.5 Å². The highest BCUT2D eigenvalue weighted by molar-refractivity contribution is 7.88. The van der Waals surface area contributed by atoms with E-state index in [1.807, 2.05) is 0 Å². The van der Waals surface area contributed by atoms with Gasteiger partial charge in [-0.25, -0.2) is 18.1 Å². The summed E-state index contributed by atoms with van der Waals surface area (Å²) in [6, 6.07) is 0. The van der Waals surface area contributed by atoms with E-state index in [1.54, 1.807) is 0 Å². The van der Waals surface area contributed by atoms with Crippen LogP contribution < -0.4 is 10.0 Å². The van der Waals surface area contributed by atoms with Gasteiger partial charge in [-0.05, 0) is 18.0 Å². The molecule has 0 aromatic carbocycles. The number of aromatic amines is 1. The molecule has 8 nitrogen and oxygen atoms in total. The van der Waals surface area contributed by atoms with Crippen LogP contribution in [0, 0.1) is 0 Å². The topological polar surface area (TPSA) is 113 Å². The zero-order valence-corrected chi connectivity index (χ0v) is 11.7. The number of nitrogens with zero attached hydrogens (tertiary/aromatic N) is 3. The normalized spacial score (nSPS) is 11.9. The quantitative estimate of drug-likeness (QED) is 0.524. The van der Waals surface area contributed by atoms with Gasteiger partial charge in [-0.15, -0.1) is 0 Å². The van der Waals surface area contributed by atoms with Crippen LogP contribution in [-0.2, 0) is 10.0 Å². The minimum absolute atomic E-state index is 0.108. The summed E-state index contributed by atoms with van der Waals surface area (Å²) in [6.45, 7) is 0.904. The number of halogens is 1. The van der Waals surface area contributed by atoms with Gasteiger partial charge in [-0.3, -0.25) is 0 Å². The number of hydrogen-bond donors (Lipinski definition) is 3. The van der Waals surface area contributed by atoms with Gasteiger partial charge in [-0.1, -0.05) is 0 Å². The number of aromatic nitrogens is 4. The van der Waals surface area contributed by atoms with Gasteiger partial charge in [0.05, 0.1) is 12.6 Å². The molecule has 0 saturated heterocycles. The highest BCUT2D eigenvalue weighted by atomic mass is 35.5. The minimum atomic E-state index is -3.14. The summed E-state index contributed by atoms with van der Waals surface area (Å²) in [4.78, 5) is 14.9. The van der Waals surface area contributed by atoms with Crippen molar-refractivity contribution in [2.24, 2.45) is 0 Å². The number of anilines is 1. The molecule has 0 saturated carbocycles. The summed E-state index contributed by atoms with van der Waals surface area (Å²) >= 11 is 5.77. The maximum atomic E-state index is 10.9. The number of nitrogens with one attached hydrogen (secondary N) is 3. The van der Waals surface area contributed by atoms with Gasteiger partial charge >= 0.3 is 0 Å². The number of imidazole rings is 1. The van der Waals surface area contributed by atoms with E-state index in [4.69, 9.17) is 11.6 Å². The van der Waals surface area contributed by atoms with E-state index >= 15 is 0 Å². The van der Waals surface area contributed by atoms with Crippen LogP contribution >= 0.6 is 11.6 Å². The summed E-state index contributed by atoms with van der Waals surface area (Å²) < 4.78 is 24.1. The predicted octanol–water partition coefficient (Wildman–Crippen LogP) is 0.357. The average Bonchev–Trinajstić information content (AvgIpc) is 2.74. The van der Waals surface area contributed by atoms with E-state index in [-0.39, 0.29) is 5.28 Å². The molecular formula is C9H13ClN6O2S. The van der Waals surface area contributed by atoms with Crippen LogP contribution in [0.2, 0.25) is 5.28 Å². The molecular weight excluding hydrogens is 292 g/mol. The second kappa shape index (κ2) is 5.68. The number of hydrogen-bond acceptors (Lipinski definition) is 6. The molecule has 2 aromatic rings. The van der Waals surface area contributed by atoms with E-state index in [2.05, 4.69) is 30.0 Å². The fourth-order valence-electron chi connectivity index (χ4n) is 1.49. The van der Waals surface area contributed by atoms with Gasteiger partial charge in [-0.2, -0.15) is 9.97 Å². The van der Waals surface area contributed by atoms with Crippen LogP contribution in [0.25, 0.3) is 11.2 Å². The molecule has 0 aliphatic heterocycles. The van der Waals surface area contributed by atoms with Crippen LogP contribution in [-0.4, -0.2) is 47.7 Å². The van der Waals surface area contributed by atoms with E-state index in [1.165, 1.54) is 6.33 Å². The molecule has 0 spiro atoms. The molecule has 2 rings (SSSR count). The Balaban J connectivity index is 1.93. The first-order valence-electron chi connectivity index (χ1n) is 5.51. The monoisotopic (exact) mass is 304 g/mol. The Morgan fingerprint density at radius 2 is 2.16 bits per heavy atom. The predicted molar refractivity (Wildman–Crippen MR) is 72.6 cm³/mol. The van der Waals surface area contributed by atoms with Crippen LogP contribution in [0.4, 0.5) is 5.82 Å². The third-order valence-electron chi connectivity index (χ3n) is 2.27. The van der Waals surface area contributed by atoms with E-state index < -0.39 is 10.0 Å². The van der Waals surface area contributed by atoms with Crippen molar-refractivity contribution in [3.8, 4) is 0 Å². The van der Waals surface area contributed by atoms with Crippen LogP contribution in [0.3, 0.4) is 0 Å². The summed E-state index contributed by atoms with van der Waals surface area (Å²) in [5.41, 5.74) is 1.15. The van der Waals surface area contributed by atoms with Gasteiger partial charge in [0.25, 0.3) is 0 Å². The van der Waals surface area contributed by atoms with Crippen LogP contribution in [0.1, 0.15) is 6.42 Å². The fraction of sp³-hybridized carbons (Fsp3) is 0.444. The molecule has 0 aliphatic carbocycles. The first-order chi connectivity index (χ1) is 8.96. The lowest BCUT2D eigenvalue weighted by molar-refractivity contribution is 0.586. The highest BCUT2D eigenvalue weighted by Gasteiger charge is 2.08. The molecule has 0 bridgehead atoms. The van der Waals surface area contributed by atoms with Crippen molar-refractivity contribution in [3.63, 3.8) is 0 Å². The third kappa shape index (κ3) is 4.01. The Bertz CT molecular complexity index is 670. The maximum Gasteiger partial charge on any atom is 0.226 e. The molecule has 0 unspecified atom stereocenters. The van der Waals surface area contributed by atoms with Gasteiger partial charge < -0.3 is 10.3 Å². The Kier molecular flexibility index (Phi) is 4.17. The lowest BCUT2D eigenvalue weighted by Crippen LogP contribution is -2.24. The van der Waals surface area contributed by atoms with Gasteiger partial charge in [0.1, 0.15) is 5.52 Å². The fourth-order valence-corrected chi connectivity index (χ4v) is 2.17. The van der Waals surface area contributed by atoms with E-state index in [9.17, 15) is 8.42 Å². The summed E-state index contributed by atoms with van der Waals surface area (Å²) in [6.07, 6.45) is 3.25. The first kappa shape index (κ1) is 14.0. The second-order valence-electron chi connectivity index (χ2n) is 3.89. The zero-order valence-electron chi connectivity index (χ0n) is 10.1. The molecule has 104 valence electrons. The average molecular weight is 305 g/mol. The van der Waals surface area contributed by atoms with Gasteiger partial charge in [0.2, 0.25) is 15.3 Å². The standard InChI is InChI=1S/C9H13ClN6O2S/c1-19(17,18)14-4-2-3-11-7-6-8(13-5-12-6)16-9(10)15-7/h5,14H,2-4H2,1H3,(H2,11,12,13,15,16). The maximum absolute atomic E-state index is 10.9. The highest BCUT2D eigenvalue weighted by Crippen LogP contribution is 2.18. The molecule has 0 radical (unpaired) electrons. The smallest absolute Gasteiger partial charge is 0.226 e. The minimum Gasteiger partial charge on any atom is -0.368 e. The lowest BCUT2D eigenvalue weighted by Gasteiger charge is -2.06. The van der Waals surface area contributed by atoms with Gasteiger partial charge in [0.15, 0.2) is 11.5 Å². The lowest BCUT2D eigenvalue weighted by atomic mass is 10.4. The van der Waals surface area contributed by atoms with Crippen molar-refractivity contribution in [1.82, 2.24) is 24.7 Å². The number of fused-ring (bicyclic) bond motifs is 1. The van der Waals surface area contributed by atoms with Crippen LogP contribution in [0.15, 0.2) is 6.33 Å². The molecule has 0 aliphatic rings. The zero-order chi connectivity index (χ0) is 13.9. The summed E-state index contributed by atoms with van der Waals surface area (Å²) in [5.74, 6) is 0.548. The molecule has 0 fully saturated rings. The molecule has 10 heteroatoms. The Morgan fingerprint density at radius 3 is 2.89 bits per heavy atom. The number of sulfonamides is 1. The Hall–Kier alpha value is -1.45. The van der Waals surface area contributed by atoms with Crippen molar-refractivity contribution >= 4 is 38.6 Å². The molecule has 0 amide bonds. The Labute approximate surface area is 115 Å². The van der Waals surface area contributed by atoms with Crippen molar-refractivity contribution in [2.75, 3.05) is 24.7 Å². The van der Waals surface area contributed by atoms with Crippen LogP contribution in [0.5, 0.6) is 0 Å². The van der Waals surface area contributed by atoms with Crippen molar-refractivity contribution in [3.05, 3.63) is 11.6 Å². The number of H-pyrrole nitrogens is 1. The summed E-state index contributed by atoms with van der Waals surface area (Å²) in [7, 11) is -3.14.